The molecule has 150 valence electrons. The van der Waals surface area contributed by atoms with Crippen LogP contribution < -0.4 is 16.4 Å². The third kappa shape index (κ3) is 4.68. The molecule has 4 N–H and O–H groups in total. The summed E-state index contributed by atoms with van der Waals surface area (Å²) < 4.78 is 0. The number of fused-ring (bicyclic) bond motifs is 3. The van der Waals surface area contributed by atoms with Crippen LogP contribution in [-0.4, -0.2) is 27.7 Å². The summed E-state index contributed by atoms with van der Waals surface area (Å²) in [5.74, 6) is 0.0978. The Hall–Kier alpha value is -2.65. The van der Waals surface area contributed by atoms with E-state index in [2.05, 4.69) is 20.6 Å². The van der Waals surface area contributed by atoms with E-state index in [0.29, 0.717) is 17.5 Å². The van der Waals surface area contributed by atoms with Crippen molar-refractivity contribution in [2.45, 2.75) is 37.4 Å². The molecule has 3 aromatic rings. The lowest BCUT2D eigenvalue weighted by Crippen LogP contribution is -2.39. The van der Waals surface area contributed by atoms with Crippen LogP contribution in [0.2, 0.25) is 0 Å². The van der Waals surface area contributed by atoms with Gasteiger partial charge in [0.1, 0.15) is 10.6 Å². The normalized spacial score (nSPS) is 13.1. The van der Waals surface area contributed by atoms with Crippen molar-refractivity contribution in [2.24, 2.45) is 0 Å². The largest absolute Gasteiger partial charge is 0.383 e. The summed E-state index contributed by atoms with van der Waals surface area (Å²) in [6.45, 7) is 0.354. The topological polar surface area (TPSA) is 110 Å². The zero-order valence-corrected chi connectivity index (χ0v) is 17.4. The Bertz CT molecular complexity index is 1050. The molecular formula is C20H21N5O2S2. The van der Waals surface area contributed by atoms with Crippen molar-refractivity contribution < 1.29 is 9.59 Å². The number of aromatic nitrogens is 2. The minimum atomic E-state index is -0.527. The maximum absolute atomic E-state index is 12.1. The Morgan fingerprint density at radius 2 is 1.93 bits per heavy atom. The van der Waals surface area contributed by atoms with Crippen molar-refractivity contribution in [1.29, 1.82) is 0 Å². The van der Waals surface area contributed by atoms with Gasteiger partial charge < -0.3 is 11.1 Å². The molecule has 3 amide bonds. The molecule has 2 aromatic heterocycles. The third-order valence-electron chi connectivity index (χ3n) is 4.70. The average molecular weight is 428 g/mol. The van der Waals surface area contributed by atoms with E-state index < -0.39 is 11.9 Å². The molecule has 0 bridgehead atoms. The molecule has 1 aromatic carbocycles. The summed E-state index contributed by atoms with van der Waals surface area (Å²) >= 11 is 2.84. The van der Waals surface area contributed by atoms with E-state index in [4.69, 9.17) is 5.73 Å². The number of imide groups is 1. The number of anilines is 1. The first kappa shape index (κ1) is 19.7. The summed E-state index contributed by atoms with van der Waals surface area (Å²) in [6.07, 6.45) is 4.46. The maximum atomic E-state index is 12.1. The number of hydrogen-bond donors (Lipinski definition) is 3. The highest BCUT2D eigenvalue weighted by molar-refractivity contribution is 7.99. The number of amides is 3. The molecule has 0 fully saturated rings. The van der Waals surface area contributed by atoms with E-state index in [9.17, 15) is 9.59 Å². The highest BCUT2D eigenvalue weighted by Crippen LogP contribution is 2.38. The smallest absolute Gasteiger partial charge is 0.321 e. The second-order valence-corrected chi connectivity index (χ2v) is 8.81. The standard InChI is InChI=1S/C20H21N5O2S2/c21-17-16-13-8-4-5-9-14(13)29-18(16)25-20(24-17)28-11-15(26)23-19(27)22-10-12-6-2-1-3-7-12/h1-3,6-7H,4-5,8-11H2,(H2,21,24,25)(H2,22,23,26,27). The number of urea groups is 1. The van der Waals surface area contributed by atoms with Crippen LogP contribution in [0.15, 0.2) is 35.5 Å². The lowest BCUT2D eigenvalue weighted by molar-refractivity contribution is -0.117. The molecule has 9 heteroatoms. The van der Waals surface area contributed by atoms with E-state index in [1.807, 2.05) is 30.3 Å². The van der Waals surface area contributed by atoms with Crippen LogP contribution in [0.1, 0.15) is 28.8 Å². The van der Waals surface area contributed by atoms with Gasteiger partial charge in [0.25, 0.3) is 0 Å². The number of nitrogen functional groups attached to an aromatic ring is 1. The Balaban J connectivity index is 1.33. The second-order valence-electron chi connectivity index (χ2n) is 6.79. The molecule has 0 saturated heterocycles. The molecule has 0 aliphatic heterocycles. The molecule has 29 heavy (non-hydrogen) atoms. The van der Waals surface area contributed by atoms with E-state index in [0.717, 1.165) is 28.6 Å². The first-order chi connectivity index (χ1) is 14.1. The number of nitrogens with zero attached hydrogens (tertiary/aromatic N) is 2. The van der Waals surface area contributed by atoms with Gasteiger partial charge in [0.15, 0.2) is 5.16 Å². The van der Waals surface area contributed by atoms with Gasteiger partial charge in [0.05, 0.1) is 11.1 Å². The fourth-order valence-electron chi connectivity index (χ4n) is 3.34. The van der Waals surface area contributed by atoms with Gasteiger partial charge in [-0.2, -0.15) is 0 Å². The number of hydrogen-bond acceptors (Lipinski definition) is 7. The van der Waals surface area contributed by atoms with Crippen molar-refractivity contribution >= 4 is 51.1 Å². The second kappa shape index (κ2) is 8.79. The Morgan fingerprint density at radius 1 is 1.14 bits per heavy atom. The molecule has 2 heterocycles. The number of carbonyl (C=O) groups excluding carboxylic acids is 2. The molecule has 4 rings (SSSR count). The summed E-state index contributed by atoms with van der Waals surface area (Å²) in [5.41, 5.74) is 8.43. The van der Waals surface area contributed by atoms with Gasteiger partial charge in [0, 0.05) is 11.4 Å². The number of aryl methyl sites for hydroxylation is 2. The number of thioether (sulfide) groups is 1. The summed E-state index contributed by atoms with van der Waals surface area (Å²) in [5, 5.41) is 6.40. The number of nitrogens with two attached hydrogens (primary N) is 1. The lowest BCUT2D eigenvalue weighted by Gasteiger charge is -2.10. The first-order valence-corrected chi connectivity index (χ1v) is 11.2. The monoisotopic (exact) mass is 427 g/mol. The molecule has 0 atom stereocenters. The average Bonchev–Trinajstić information content (AvgIpc) is 3.10. The number of thiophene rings is 1. The zero-order chi connectivity index (χ0) is 20.2. The number of rotatable bonds is 5. The van der Waals surface area contributed by atoms with Crippen molar-refractivity contribution in [3.63, 3.8) is 0 Å². The molecular weight excluding hydrogens is 406 g/mol. The molecule has 7 nitrogen and oxygen atoms in total. The van der Waals surface area contributed by atoms with Crippen LogP contribution in [0.3, 0.4) is 0 Å². The fraction of sp³-hybridized carbons (Fsp3) is 0.300. The Morgan fingerprint density at radius 3 is 2.76 bits per heavy atom. The van der Waals surface area contributed by atoms with Crippen molar-refractivity contribution in [2.75, 3.05) is 11.5 Å². The van der Waals surface area contributed by atoms with Crippen LogP contribution in [0, 0.1) is 0 Å². The Kier molecular flexibility index (Phi) is 5.96. The van der Waals surface area contributed by atoms with Gasteiger partial charge in [-0.1, -0.05) is 42.1 Å². The predicted octanol–water partition coefficient (Wildman–Crippen LogP) is 3.27. The van der Waals surface area contributed by atoms with Gasteiger partial charge in [-0.3, -0.25) is 10.1 Å². The highest BCUT2D eigenvalue weighted by atomic mass is 32.2. The molecule has 0 spiro atoms. The summed E-state index contributed by atoms with van der Waals surface area (Å²) in [6, 6.07) is 8.96. The minimum absolute atomic E-state index is 0.0365. The van der Waals surface area contributed by atoms with Crippen LogP contribution in [-0.2, 0) is 24.2 Å². The van der Waals surface area contributed by atoms with Crippen LogP contribution in [0.5, 0.6) is 0 Å². The van der Waals surface area contributed by atoms with Crippen molar-refractivity contribution in [3.8, 4) is 0 Å². The fourth-order valence-corrected chi connectivity index (χ4v) is 5.32. The summed E-state index contributed by atoms with van der Waals surface area (Å²) in [4.78, 5) is 35.1. The first-order valence-electron chi connectivity index (χ1n) is 9.42. The number of nitrogens with one attached hydrogen (secondary N) is 2. The SMILES string of the molecule is Nc1nc(SCC(=O)NC(=O)NCc2ccccc2)nc2sc3c(c12)CCCC3. The van der Waals surface area contributed by atoms with E-state index in [1.54, 1.807) is 11.3 Å². The number of carbonyl (C=O) groups is 2. The molecule has 1 aliphatic rings. The van der Waals surface area contributed by atoms with E-state index >= 15 is 0 Å². The molecule has 0 unspecified atom stereocenters. The quantitative estimate of drug-likeness (QED) is 0.426. The van der Waals surface area contributed by atoms with Gasteiger partial charge >= 0.3 is 6.03 Å². The highest BCUT2D eigenvalue weighted by Gasteiger charge is 2.20. The van der Waals surface area contributed by atoms with Gasteiger partial charge in [0.2, 0.25) is 5.91 Å². The van der Waals surface area contributed by atoms with Gasteiger partial charge in [-0.05, 0) is 36.8 Å². The number of benzene rings is 1. The third-order valence-corrected chi connectivity index (χ3v) is 6.74. The van der Waals surface area contributed by atoms with E-state index in [-0.39, 0.29) is 5.75 Å². The van der Waals surface area contributed by atoms with Crippen LogP contribution in [0.4, 0.5) is 10.6 Å². The van der Waals surface area contributed by atoms with E-state index in [1.165, 1.54) is 35.0 Å². The molecule has 0 radical (unpaired) electrons. The van der Waals surface area contributed by atoms with Crippen LogP contribution in [0.25, 0.3) is 10.2 Å². The maximum Gasteiger partial charge on any atom is 0.321 e. The van der Waals surface area contributed by atoms with Crippen molar-refractivity contribution in [3.05, 3.63) is 46.3 Å². The van der Waals surface area contributed by atoms with Gasteiger partial charge in [-0.15, -0.1) is 11.3 Å². The Labute approximate surface area is 176 Å². The lowest BCUT2D eigenvalue weighted by atomic mass is 9.97. The van der Waals surface area contributed by atoms with Crippen LogP contribution >= 0.6 is 23.1 Å². The van der Waals surface area contributed by atoms with Crippen molar-refractivity contribution in [1.82, 2.24) is 20.6 Å². The van der Waals surface area contributed by atoms with Gasteiger partial charge in [-0.25, -0.2) is 14.8 Å². The minimum Gasteiger partial charge on any atom is -0.383 e. The molecule has 0 saturated carbocycles. The zero-order valence-electron chi connectivity index (χ0n) is 15.7. The summed E-state index contributed by atoms with van der Waals surface area (Å²) in [7, 11) is 0. The molecule has 1 aliphatic carbocycles. The predicted molar refractivity (Wildman–Crippen MR) is 116 cm³/mol.